The number of hydrogen-bond acceptors (Lipinski definition) is 4. The van der Waals surface area contributed by atoms with Crippen molar-refractivity contribution >= 4 is 45.0 Å². The molecule has 0 bridgehead atoms. The summed E-state index contributed by atoms with van der Waals surface area (Å²) in [5.41, 5.74) is -0.257. The van der Waals surface area contributed by atoms with Gasteiger partial charge in [0.1, 0.15) is 10.6 Å². The molecule has 1 heterocycles. The molecule has 0 atom stereocenters. The zero-order valence-electron chi connectivity index (χ0n) is 9.59. The van der Waals surface area contributed by atoms with Gasteiger partial charge in [0.15, 0.2) is 5.82 Å². The smallest absolute Gasteiger partial charge is 0.353 e. The van der Waals surface area contributed by atoms with Crippen molar-refractivity contribution in [3.63, 3.8) is 0 Å². The molecule has 3 N–H and O–H groups in total. The number of aromatic amines is 1. The number of hydrogen-bond donors (Lipinski definition) is 3. The first-order chi connectivity index (χ1) is 9.31. The second-order valence-corrected chi connectivity index (χ2v) is 6.06. The molecule has 106 valence electrons. The quantitative estimate of drug-likeness (QED) is 0.792. The first kappa shape index (κ1) is 14.6. The van der Waals surface area contributed by atoms with Crippen molar-refractivity contribution in [3.05, 3.63) is 40.0 Å². The molecule has 0 fully saturated rings. The largest absolute Gasteiger partial charge is 0.477 e. The Morgan fingerprint density at radius 1 is 1.30 bits per heavy atom. The van der Waals surface area contributed by atoms with Crippen molar-refractivity contribution in [1.82, 2.24) is 10.2 Å². The van der Waals surface area contributed by atoms with Gasteiger partial charge in [-0.05, 0) is 12.1 Å². The maximum Gasteiger partial charge on any atom is 0.353 e. The van der Waals surface area contributed by atoms with E-state index in [9.17, 15) is 13.2 Å². The molecule has 1 aromatic carbocycles. The fourth-order valence-corrected chi connectivity index (χ4v) is 3.55. The Labute approximate surface area is 123 Å². The van der Waals surface area contributed by atoms with E-state index < -0.39 is 16.0 Å². The minimum absolute atomic E-state index is 0.0565. The lowest BCUT2D eigenvalue weighted by atomic mass is 10.4. The van der Waals surface area contributed by atoms with Crippen LogP contribution < -0.4 is 4.72 Å². The molecule has 0 saturated heterocycles. The maximum absolute atomic E-state index is 12.1. The van der Waals surface area contributed by atoms with Gasteiger partial charge in [0.2, 0.25) is 0 Å². The minimum atomic E-state index is -4.08. The van der Waals surface area contributed by atoms with E-state index in [2.05, 4.69) is 14.9 Å². The Kier molecular flexibility index (Phi) is 3.89. The summed E-state index contributed by atoms with van der Waals surface area (Å²) in [6.07, 6.45) is 0. The molecule has 10 heteroatoms. The number of carbonyl (C=O) groups is 1. The molecule has 0 spiro atoms. The molecule has 20 heavy (non-hydrogen) atoms. The van der Waals surface area contributed by atoms with E-state index in [1.165, 1.54) is 18.2 Å². The molecule has 0 unspecified atom stereocenters. The number of benzene rings is 1. The van der Waals surface area contributed by atoms with Gasteiger partial charge in [0, 0.05) is 6.07 Å². The molecule has 2 rings (SSSR count). The van der Waals surface area contributed by atoms with Crippen LogP contribution in [0.4, 0.5) is 5.82 Å². The number of anilines is 1. The number of aromatic nitrogens is 2. The van der Waals surface area contributed by atoms with Crippen LogP contribution >= 0.6 is 23.2 Å². The Bertz CT molecular complexity index is 752. The van der Waals surface area contributed by atoms with Crippen LogP contribution in [-0.4, -0.2) is 29.7 Å². The summed E-state index contributed by atoms with van der Waals surface area (Å²) >= 11 is 11.6. The van der Waals surface area contributed by atoms with E-state index >= 15 is 0 Å². The van der Waals surface area contributed by atoms with Crippen molar-refractivity contribution in [1.29, 1.82) is 0 Å². The van der Waals surface area contributed by atoms with Crippen LogP contribution in [0.5, 0.6) is 0 Å². The number of carboxylic acids is 1. The third-order valence-corrected chi connectivity index (χ3v) is 4.54. The molecule has 0 aliphatic rings. The molecule has 0 saturated carbocycles. The van der Waals surface area contributed by atoms with Gasteiger partial charge in [-0.3, -0.25) is 9.82 Å². The first-order valence-electron chi connectivity index (χ1n) is 5.07. The monoisotopic (exact) mass is 335 g/mol. The summed E-state index contributed by atoms with van der Waals surface area (Å²) < 4.78 is 26.4. The Morgan fingerprint density at radius 3 is 2.40 bits per heavy atom. The molecule has 7 nitrogen and oxygen atoms in total. The lowest BCUT2D eigenvalue weighted by Crippen LogP contribution is -2.14. The summed E-state index contributed by atoms with van der Waals surface area (Å²) in [5, 5.41) is 14.3. The highest BCUT2D eigenvalue weighted by Crippen LogP contribution is 2.30. The van der Waals surface area contributed by atoms with E-state index in [-0.39, 0.29) is 26.5 Å². The molecule has 0 aliphatic carbocycles. The minimum Gasteiger partial charge on any atom is -0.477 e. The average molecular weight is 336 g/mol. The van der Waals surface area contributed by atoms with Crippen LogP contribution in [0.1, 0.15) is 10.5 Å². The van der Waals surface area contributed by atoms with Gasteiger partial charge < -0.3 is 5.11 Å². The fourth-order valence-electron chi connectivity index (χ4n) is 1.41. The number of nitrogens with zero attached hydrogens (tertiary/aromatic N) is 1. The van der Waals surface area contributed by atoms with Gasteiger partial charge in [-0.1, -0.05) is 29.3 Å². The van der Waals surface area contributed by atoms with Crippen LogP contribution in [0.25, 0.3) is 0 Å². The lowest BCUT2D eigenvalue weighted by molar-refractivity contribution is 0.0690. The van der Waals surface area contributed by atoms with E-state index in [4.69, 9.17) is 28.3 Å². The average Bonchev–Trinajstić information content (AvgIpc) is 2.76. The standard InChI is InChI=1S/C10H7Cl2N3O4S/c11-5-2-1-3-6(12)9(5)20(18,19)15-8-4-7(10(16)17)13-14-8/h1-4H,(H,16,17)(H2,13,14,15). The fraction of sp³-hybridized carbons (Fsp3) is 0. The van der Waals surface area contributed by atoms with Gasteiger partial charge in [-0.15, -0.1) is 0 Å². The number of aromatic carboxylic acids is 1. The van der Waals surface area contributed by atoms with Crippen molar-refractivity contribution in [2.45, 2.75) is 4.90 Å². The van der Waals surface area contributed by atoms with Crippen molar-refractivity contribution in [2.75, 3.05) is 4.72 Å². The molecular weight excluding hydrogens is 329 g/mol. The van der Waals surface area contributed by atoms with Crippen molar-refractivity contribution in [2.24, 2.45) is 0 Å². The highest BCUT2D eigenvalue weighted by molar-refractivity contribution is 7.93. The second-order valence-electron chi connectivity index (χ2n) is 3.63. The van der Waals surface area contributed by atoms with E-state index in [1.54, 1.807) is 0 Å². The van der Waals surface area contributed by atoms with Gasteiger partial charge in [0.05, 0.1) is 10.0 Å². The van der Waals surface area contributed by atoms with Crippen molar-refractivity contribution < 1.29 is 18.3 Å². The summed E-state index contributed by atoms with van der Waals surface area (Å²) in [6, 6.07) is 5.27. The predicted molar refractivity (Wildman–Crippen MR) is 72.8 cm³/mol. The molecule has 1 aromatic heterocycles. The number of rotatable bonds is 4. The zero-order chi connectivity index (χ0) is 14.9. The predicted octanol–water partition coefficient (Wildman–Crippen LogP) is 2.22. The topological polar surface area (TPSA) is 112 Å². The SMILES string of the molecule is O=C(O)c1cc(NS(=O)(=O)c2c(Cl)cccc2Cl)n[nH]1. The summed E-state index contributed by atoms with van der Waals surface area (Å²) in [4.78, 5) is 10.4. The van der Waals surface area contributed by atoms with Crippen LogP contribution in [0.15, 0.2) is 29.2 Å². The number of halogens is 2. The molecule has 0 aliphatic heterocycles. The molecule has 2 aromatic rings. The van der Waals surface area contributed by atoms with Crippen molar-refractivity contribution in [3.8, 4) is 0 Å². The molecular formula is C10H7Cl2N3O4S. The van der Waals surface area contributed by atoms with E-state index in [0.29, 0.717) is 0 Å². The Morgan fingerprint density at radius 2 is 1.90 bits per heavy atom. The maximum atomic E-state index is 12.1. The lowest BCUT2D eigenvalue weighted by Gasteiger charge is -2.08. The molecule has 0 amide bonds. The third kappa shape index (κ3) is 2.87. The highest BCUT2D eigenvalue weighted by Gasteiger charge is 2.23. The number of carboxylic acid groups (broad SMARTS) is 1. The number of H-pyrrole nitrogens is 1. The second kappa shape index (κ2) is 5.31. The number of nitrogens with one attached hydrogen (secondary N) is 2. The van der Waals surface area contributed by atoms with Gasteiger partial charge in [-0.2, -0.15) is 5.10 Å². The van der Waals surface area contributed by atoms with Gasteiger partial charge >= 0.3 is 5.97 Å². The van der Waals surface area contributed by atoms with Crippen LogP contribution in [0.2, 0.25) is 10.0 Å². The highest BCUT2D eigenvalue weighted by atomic mass is 35.5. The summed E-state index contributed by atoms with van der Waals surface area (Å²) in [5.74, 6) is -1.45. The van der Waals surface area contributed by atoms with Gasteiger partial charge in [0.25, 0.3) is 10.0 Å². The van der Waals surface area contributed by atoms with Crippen LogP contribution in [-0.2, 0) is 10.0 Å². The van der Waals surface area contributed by atoms with E-state index in [0.717, 1.165) is 6.07 Å². The number of sulfonamides is 1. The molecule has 0 radical (unpaired) electrons. The van der Waals surface area contributed by atoms with Crippen LogP contribution in [0, 0.1) is 0 Å². The third-order valence-electron chi connectivity index (χ3n) is 2.23. The van der Waals surface area contributed by atoms with Crippen LogP contribution in [0.3, 0.4) is 0 Å². The normalized spacial score (nSPS) is 11.3. The van der Waals surface area contributed by atoms with Gasteiger partial charge in [-0.25, -0.2) is 13.2 Å². The summed E-state index contributed by atoms with van der Waals surface area (Å²) in [7, 11) is -4.08. The Hall–Kier alpha value is -1.77. The first-order valence-corrected chi connectivity index (χ1v) is 7.30. The Balaban J connectivity index is 2.38. The zero-order valence-corrected chi connectivity index (χ0v) is 11.9. The van der Waals surface area contributed by atoms with E-state index in [1.807, 2.05) is 0 Å². The summed E-state index contributed by atoms with van der Waals surface area (Å²) in [6.45, 7) is 0.